The molecule has 10 heavy (non-hydrogen) atoms. The van der Waals surface area contributed by atoms with Crippen molar-refractivity contribution < 1.29 is 19.6 Å². The summed E-state index contributed by atoms with van der Waals surface area (Å²) in [6.45, 7) is -0.481. The van der Waals surface area contributed by atoms with Crippen LogP contribution in [0, 0.1) is 0 Å². The van der Waals surface area contributed by atoms with Gasteiger partial charge in [0, 0.05) is 0 Å². The first-order valence-corrected chi connectivity index (χ1v) is 2.41. The average molecular weight is 144 g/mol. The standard InChI is InChI=1S/C4H4N2O4/c7-1-2-3(4(8)9)6-10-5-2/h7H,1H2,(H,8,9). The van der Waals surface area contributed by atoms with E-state index in [9.17, 15) is 4.79 Å². The van der Waals surface area contributed by atoms with E-state index in [0.717, 1.165) is 0 Å². The van der Waals surface area contributed by atoms with Crippen molar-refractivity contribution in [1.82, 2.24) is 10.3 Å². The zero-order valence-electron chi connectivity index (χ0n) is 4.81. The van der Waals surface area contributed by atoms with E-state index in [-0.39, 0.29) is 11.4 Å². The molecule has 0 unspecified atom stereocenters. The fourth-order valence-electron chi connectivity index (χ4n) is 0.473. The number of nitrogens with zero attached hydrogens (tertiary/aromatic N) is 2. The van der Waals surface area contributed by atoms with E-state index in [4.69, 9.17) is 10.2 Å². The Labute approximate surface area is 55.0 Å². The third kappa shape index (κ3) is 0.960. The van der Waals surface area contributed by atoms with Crippen molar-refractivity contribution >= 4 is 5.97 Å². The van der Waals surface area contributed by atoms with Crippen molar-refractivity contribution in [3.05, 3.63) is 11.4 Å². The number of hydrogen-bond acceptors (Lipinski definition) is 5. The number of carboxylic acid groups (broad SMARTS) is 1. The summed E-state index contributed by atoms with van der Waals surface area (Å²) in [5.41, 5.74) is -0.407. The summed E-state index contributed by atoms with van der Waals surface area (Å²) in [4.78, 5) is 10.2. The first-order chi connectivity index (χ1) is 4.75. The van der Waals surface area contributed by atoms with Crippen molar-refractivity contribution in [2.24, 2.45) is 0 Å². The fraction of sp³-hybridized carbons (Fsp3) is 0.250. The molecule has 2 N–H and O–H groups in total. The maximum atomic E-state index is 10.2. The van der Waals surface area contributed by atoms with Gasteiger partial charge in [-0.2, -0.15) is 0 Å². The van der Waals surface area contributed by atoms with Crippen LogP contribution >= 0.6 is 0 Å². The molecule has 54 valence electrons. The topological polar surface area (TPSA) is 96.5 Å². The molecule has 0 saturated carbocycles. The normalized spacial score (nSPS) is 9.70. The van der Waals surface area contributed by atoms with Crippen LogP contribution < -0.4 is 0 Å². The zero-order valence-corrected chi connectivity index (χ0v) is 4.81. The van der Waals surface area contributed by atoms with Crippen LogP contribution in [0.4, 0.5) is 0 Å². The van der Waals surface area contributed by atoms with Gasteiger partial charge in [-0.05, 0) is 5.16 Å². The van der Waals surface area contributed by atoms with E-state index >= 15 is 0 Å². The minimum absolute atomic E-state index is 0.0625. The molecule has 1 rings (SSSR count). The lowest BCUT2D eigenvalue weighted by atomic mass is 10.3. The van der Waals surface area contributed by atoms with Gasteiger partial charge in [0.1, 0.15) is 5.69 Å². The number of rotatable bonds is 2. The number of hydrogen-bond donors (Lipinski definition) is 2. The zero-order chi connectivity index (χ0) is 7.56. The van der Waals surface area contributed by atoms with Crippen LogP contribution in [-0.2, 0) is 6.61 Å². The molecule has 1 heterocycles. The fourth-order valence-corrected chi connectivity index (χ4v) is 0.473. The molecule has 0 aliphatic rings. The molecular formula is C4H4N2O4. The molecule has 6 nitrogen and oxygen atoms in total. The maximum Gasteiger partial charge on any atom is 0.360 e. The smallest absolute Gasteiger partial charge is 0.360 e. The lowest BCUT2D eigenvalue weighted by Gasteiger charge is -1.84. The van der Waals surface area contributed by atoms with E-state index in [2.05, 4.69) is 14.9 Å². The molecule has 0 atom stereocenters. The van der Waals surface area contributed by atoms with Crippen molar-refractivity contribution in [2.75, 3.05) is 0 Å². The predicted octanol–water partition coefficient (Wildman–Crippen LogP) is -0.740. The summed E-state index contributed by atoms with van der Waals surface area (Å²) < 4.78 is 4.06. The third-order valence-corrected chi connectivity index (χ3v) is 0.909. The Morgan fingerprint density at radius 1 is 1.60 bits per heavy atom. The van der Waals surface area contributed by atoms with Gasteiger partial charge >= 0.3 is 5.97 Å². The lowest BCUT2D eigenvalue weighted by molar-refractivity contribution is 0.0682. The largest absolute Gasteiger partial charge is 0.476 e. The van der Waals surface area contributed by atoms with Crippen molar-refractivity contribution in [2.45, 2.75) is 6.61 Å². The van der Waals surface area contributed by atoms with E-state index in [1.807, 2.05) is 0 Å². The minimum atomic E-state index is -1.26. The van der Waals surface area contributed by atoms with E-state index in [1.54, 1.807) is 0 Å². The van der Waals surface area contributed by atoms with Crippen molar-refractivity contribution in [3.63, 3.8) is 0 Å². The van der Waals surface area contributed by atoms with Gasteiger partial charge in [0.2, 0.25) is 5.69 Å². The van der Waals surface area contributed by atoms with Crippen LogP contribution in [0.5, 0.6) is 0 Å². The molecule has 0 spiro atoms. The van der Waals surface area contributed by atoms with Crippen molar-refractivity contribution in [1.29, 1.82) is 0 Å². The SMILES string of the molecule is O=C(O)c1nonc1CO. The average Bonchev–Trinajstić information content (AvgIpc) is 2.33. The van der Waals surface area contributed by atoms with Crippen LogP contribution in [0.1, 0.15) is 16.2 Å². The van der Waals surface area contributed by atoms with Crippen LogP contribution in [-0.4, -0.2) is 26.5 Å². The maximum absolute atomic E-state index is 10.2. The van der Waals surface area contributed by atoms with Crippen LogP contribution in [0.25, 0.3) is 0 Å². The second-order valence-corrected chi connectivity index (χ2v) is 1.52. The number of carboxylic acids is 1. The minimum Gasteiger partial charge on any atom is -0.476 e. The van der Waals surface area contributed by atoms with Gasteiger partial charge < -0.3 is 10.2 Å². The van der Waals surface area contributed by atoms with Gasteiger partial charge in [-0.25, -0.2) is 9.42 Å². The second-order valence-electron chi connectivity index (χ2n) is 1.52. The summed E-state index contributed by atoms with van der Waals surface area (Å²) in [7, 11) is 0. The van der Waals surface area contributed by atoms with Crippen molar-refractivity contribution in [3.8, 4) is 0 Å². The monoisotopic (exact) mass is 144 g/mol. The number of aromatic nitrogens is 2. The molecule has 0 amide bonds. The van der Waals surface area contributed by atoms with Crippen LogP contribution in [0.15, 0.2) is 4.63 Å². The summed E-state index contributed by atoms with van der Waals surface area (Å²) in [5.74, 6) is -1.26. The molecule has 0 fully saturated rings. The molecule has 0 radical (unpaired) electrons. The van der Waals surface area contributed by atoms with E-state index in [1.165, 1.54) is 0 Å². The van der Waals surface area contributed by atoms with Gasteiger partial charge in [-0.1, -0.05) is 5.16 Å². The molecule has 6 heteroatoms. The van der Waals surface area contributed by atoms with Crippen LogP contribution in [0.2, 0.25) is 0 Å². The molecule has 0 bridgehead atoms. The number of aliphatic hydroxyl groups is 1. The van der Waals surface area contributed by atoms with Gasteiger partial charge in [-0.15, -0.1) is 0 Å². The summed E-state index contributed by atoms with van der Waals surface area (Å²) >= 11 is 0. The quantitative estimate of drug-likeness (QED) is 0.567. The van der Waals surface area contributed by atoms with E-state index < -0.39 is 12.6 Å². The molecule has 0 aromatic carbocycles. The van der Waals surface area contributed by atoms with E-state index in [0.29, 0.717) is 0 Å². The van der Waals surface area contributed by atoms with Gasteiger partial charge in [0.25, 0.3) is 0 Å². The Bertz CT molecular complexity index is 243. The molecule has 0 aliphatic carbocycles. The Morgan fingerprint density at radius 3 is 2.70 bits per heavy atom. The van der Waals surface area contributed by atoms with Gasteiger partial charge in [0.05, 0.1) is 6.61 Å². The number of aliphatic hydroxyl groups excluding tert-OH is 1. The third-order valence-electron chi connectivity index (χ3n) is 0.909. The van der Waals surface area contributed by atoms with Gasteiger partial charge in [0.15, 0.2) is 0 Å². The highest BCUT2D eigenvalue weighted by Gasteiger charge is 2.15. The second kappa shape index (κ2) is 2.44. The molecule has 1 aromatic rings. The Kier molecular flexibility index (Phi) is 1.63. The predicted molar refractivity (Wildman–Crippen MR) is 27.2 cm³/mol. The summed E-state index contributed by atoms with van der Waals surface area (Å²) in [6, 6.07) is 0. The summed E-state index contributed by atoms with van der Waals surface area (Å²) in [5, 5.41) is 22.9. The van der Waals surface area contributed by atoms with Gasteiger partial charge in [-0.3, -0.25) is 0 Å². The highest BCUT2D eigenvalue weighted by Crippen LogP contribution is 2.00. The van der Waals surface area contributed by atoms with Crippen LogP contribution in [0.3, 0.4) is 0 Å². The Morgan fingerprint density at radius 2 is 2.30 bits per heavy atom. The highest BCUT2D eigenvalue weighted by atomic mass is 16.6. The Hall–Kier alpha value is -1.43. The first-order valence-electron chi connectivity index (χ1n) is 2.41. The molecule has 1 aromatic heterocycles. The molecule has 0 saturated heterocycles. The Balaban J connectivity index is 3.01. The molecule has 0 aliphatic heterocycles. The first kappa shape index (κ1) is 6.69. The molecular weight excluding hydrogens is 140 g/mol. The number of carbonyl (C=O) groups is 1. The highest BCUT2D eigenvalue weighted by molar-refractivity contribution is 5.86. The number of aromatic carboxylic acids is 1. The lowest BCUT2D eigenvalue weighted by Crippen LogP contribution is -2.01. The summed E-state index contributed by atoms with van der Waals surface area (Å²) in [6.07, 6.45) is 0.